The summed E-state index contributed by atoms with van der Waals surface area (Å²) in [7, 11) is -9.07. The summed E-state index contributed by atoms with van der Waals surface area (Å²) in [5, 5.41) is 6.11. The highest BCUT2D eigenvalue weighted by molar-refractivity contribution is 7.91. The van der Waals surface area contributed by atoms with E-state index < -0.39 is 20.2 Å². The maximum Gasteiger partial charge on any atom is 0.296 e. The van der Waals surface area contributed by atoms with Crippen LogP contribution in [0.4, 0.5) is 28.4 Å². The van der Waals surface area contributed by atoms with E-state index in [4.69, 9.17) is 0 Å². The SMILES string of the molecule is CCN=C1C=CC(=Nc2ccc(Nc3ccc(Nc4ccc(CC)cc4)c(S(=O)(=O)O)c3)cc2)C(S(=O)(=O)O)=C1. The van der Waals surface area contributed by atoms with Crippen molar-refractivity contribution in [3.63, 3.8) is 0 Å². The number of hydrogen-bond donors (Lipinski definition) is 4. The van der Waals surface area contributed by atoms with Crippen LogP contribution in [0.5, 0.6) is 0 Å². The van der Waals surface area contributed by atoms with Gasteiger partial charge in [0.05, 0.1) is 22.8 Å². The Morgan fingerprint density at radius 3 is 1.98 bits per heavy atom. The van der Waals surface area contributed by atoms with E-state index in [0.29, 0.717) is 35.0 Å². The molecule has 0 unspecified atom stereocenters. The summed E-state index contributed by atoms with van der Waals surface area (Å²) in [6.45, 7) is 4.30. The van der Waals surface area contributed by atoms with Crippen LogP contribution in [-0.4, -0.2) is 43.9 Å². The fourth-order valence-corrected chi connectivity index (χ4v) is 5.22. The highest BCUT2D eigenvalue weighted by atomic mass is 32.2. The summed E-state index contributed by atoms with van der Waals surface area (Å²) in [6.07, 6.45) is 5.21. The van der Waals surface area contributed by atoms with Crippen molar-refractivity contribution in [2.45, 2.75) is 25.2 Å². The van der Waals surface area contributed by atoms with Gasteiger partial charge in [0.25, 0.3) is 20.2 Å². The van der Waals surface area contributed by atoms with E-state index in [9.17, 15) is 25.9 Å². The Labute approximate surface area is 233 Å². The minimum Gasteiger partial charge on any atom is -0.355 e. The van der Waals surface area contributed by atoms with Crippen LogP contribution in [0, 0.1) is 0 Å². The molecule has 0 amide bonds. The molecule has 0 bridgehead atoms. The number of nitrogens with zero attached hydrogens (tertiary/aromatic N) is 2. The van der Waals surface area contributed by atoms with E-state index in [1.54, 1.807) is 42.5 Å². The lowest BCUT2D eigenvalue weighted by Crippen LogP contribution is -2.16. The van der Waals surface area contributed by atoms with E-state index in [1.165, 1.54) is 18.2 Å². The quantitative estimate of drug-likeness (QED) is 0.181. The van der Waals surface area contributed by atoms with Gasteiger partial charge in [0.1, 0.15) is 9.80 Å². The standard InChI is InChI=1S/C28H28N4O6S2/c1-3-19-5-7-21(8-6-19)31-26-16-14-24(18-28(26)40(36,37)38)30-20-9-11-22(12-10-20)32-25-15-13-23(29-4-2)17-27(25)39(33,34)35/h5-18,30-31H,3-4H2,1-2H3,(H,33,34,35)(H,36,37,38). The van der Waals surface area contributed by atoms with E-state index in [2.05, 4.69) is 20.6 Å². The molecule has 3 aromatic rings. The van der Waals surface area contributed by atoms with Gasteiger partial charge in [-0.25, -0.2) is 4.99 Å². The Bertz CT molecular complexity index is 1740. The zero-order chi connectivity index (χ0) is 28.9. The Morgan fingerprint density at radius 2 is 1.38 bits per heavy atom. The molecule has 0 aliphatic heterocycles. The number of rotatable bonds is 9. The summed E-state index contributed by atoms with van der Waals surface area (Å²) < 4.78 is 67.5. The highest BCUT2D eigenvalue weighted by Crippen LogP contribution is 2.30. The van der Waals surface area contributed by atoms with Crippen LogP contribution in [-0.2, 0) is 26.7 Å². The molecule has 208 valence electrons. The number of anilines is 4. The topological polar surface area (TPSA) is 158 Å². The molecule has 0 spiro atoms. The molecule has 12 heteroatoms. The monoisotopic (exact) mass is 580 g/mol. The van der Waals surface area contributed by atoms with Gasteiger partial charge in [-0.05, 0) is 91.7 Å². The van der Waals surface area contributed by atoms with Crippen LogP contribution in [0.3, 0.4) is 0 Å². The minimum atomic E-state index is -4.54. The first kappa shape index (κ1) is 28.9. The normalized spacial score (nSPS) is 15.8. The molecule has 0 radical (unpaired) electrons. The summed E-state index contributed by atoms with van der Waals surface area (Å²) in [5.41, 5.74) is 3.92. The molecular weight excluding hydrogens is 552 g/mol. The van der Waals surface area contributed by atoms with E-state index in [1.807, 2.05) is 38.1 Å². The van der Waals surface area contributed by atoms with Gasteiger partial charge in [0.2, 0.25) is 0 Å². The molecule has 0 atom stereocenters. The molecule has 1 aliphatic rings. The van der Waals surface area contributed by atoms with Crippen LogP contribution in [0.25, 0.3) is 0 Å². The van der Waals surface area contributed by atoms with E-state index >= 15 is 0 Å². The first-order valence-corrected chi connectivity index (χ1v) is 15.2. The van der Waals surface area contributed by atoms with Crippen molar-refractivity contribution in [2.75, 3.05) is 17.2 Å². The zero-order valence-electron chi connectivity index (χ0n) is 21.7. The third-order valence-electron chi connectivity index (χ3n) is 5.87. The summed E-state index contributed by atoms with van der Waals surface area (Å²) in [5.74, 6) is 0. The summed E-state index contributed by atoms with van der Waals surface area (Å²) in [6, 6.07) is 18.6. The number of hydrogen-bond acceptors (Lipinski definition) is 8. The predicted octanol–water partition coefficient (Wildman–Crippen LogP) is 5.86. The number of aliphatic imine (C=N–C) groups is 2. The molecule has 0 saturated heterocycles. The van der Waals surface area contributed by atoms with Crippen LogP contribution in [0.15, 0.2) is 105 Å². The van der Waals surface area contributed by atoms with Gasteiger partial charge in [-0.1, -0.05) is 19.1 Å². The molecule has 4 N–H and O–H groups in total. The average molecular weight is 581 g/mol. The summed E-state index contributed by atoms with van der Waals surface area (Å²) >= 11 is 0. The van der Waals surface area contributed by atoms with Gasteiger partial charge in [0, 0.05) is 23.6 Å². The third-order valence-corrected chi connectivity index (χ3v) is 7.64. The fraction of sp³-hybridized carbons (Fsp3) is 0.143. The highest BCUT2D eigenvalue weighted by Gasteiger charge is 2.22. The molecule has 1 aliphatic carbocycles. The Kier molecular flexibility index (Phi) is 8.64. The molecule has 40 heavy (non-hydrogen) atoms. The second-order valence-electron chi connectivity index (χ2n) is 8.75. The molecule has 0 saturated carbocycles. The lowest BCUT2D eigenvalue weighted by molar-refractivity contribution is 0.483. The predicted molar refractivity (Wildman–Crippen MR) is 159 cm³/mol. The van der Waals surface area contributed by atoms with Gasteiger partial charge < -0.3 is 10.6 Å². The van der Waals surface area contributed by atoms with Crippen molar-refractivity contribution < 1.29 is 25.9 Å². The maximum absolute atomic E-state index is 12.1. The zero-order valence-corrected chi connectivity index (χ0v) is 23.4. The first-order valence-electron chi connectivity index (χ1n) is 12.3. The largest absolute Gasteiger partial charge is 0.355 e. The first-order chi connectivity index (χ1) is 19.0. The van der Waals surface area contributed by atoms with Crippen molar-refractivity contribution in [3.05, 3.63) is 95.4 Å². The van der Waals surface area contributed by atoms with Crippen molar-refractivity contribution in [3.8, 4) is 0 Å². The molecular formula is C28H28N4O6S2. The van der Waals surface area contributed by atoms with Gasteiger partial charge in [-0.2, -0.15) is 16.8 Å². The molecule has 0 heterocycles. The van der Waals surface area contributed by atoms with Crippen molar-refractivity contribution >= 4 is 60.1 Å². The van der Waals surface area contributed by atoms with Crippen molar-refractivity contribution in [1.82, 2.24) is 0 Å². The van der Waals surface area contributed by atoms with Gasteiger partial charge in [-0.15, -0.1) is 0 Å². The number of nitrogens with one attached hydrogen (secondary N) is 2. The second kappa shape index (κ2) is 12.0. The smallest absolute Gasteiger partial charge is 0.296 e. The van der Waals surface area contributed by atoms with Crippen LogP contribution < -0.4 is 10.6 Å². The lowest BCUT2D eigenvalue weighted by atomic mass is 10.1. The Hall–Kier alpha value is -4.10. The molecule has 0 fully saturated rings. The lowest BCUT2D eigenvalue weighted by Gasteiger charge is -2.14. The molecule has 10 nitrogen and oxygen atoms in total. The van der Waals surface area contributed by atoms with Crippen LogP contribution >= 0.6 is 0 Å². The van der Waals surface area contributed by atoms with E-state index in [-0.39, 0.29) is 21.2 Å². The van der Waals surface area contributed by atoms with E-state index in [0.717, 1.165) is 12.0 Å². The van der Waals surface area contributed by atoms with Gasteiger partial charge in [0.15, 0.2) is 0 Å². The Balaban J connectivity index is 1.56. The van der Waals surface area contributed by atoms with Gasteiger partial charge >= 0.3 is 0 Å². The fourth-order valence-electron chi connectivity index (χ4n) is 3.90. The average Bonchev–Trinajstić information content (AvgIpc) is 2.91. The Morgan fingerprint density at radius 1 is 0.750 bits per heavy atom. The van der Waals surface area contributed by atoms with Gasteiger partial charge in [-0.3, -0.25) is 14.1 Å². The number of aryl methyl sites for hydroxylation is 1. The van der Waals surface area contributed by atoms with Crippen molar-refractivity contribution in [1.29, 1.82) is 0 Å². The molecule has 0 aromatic heterocycles. The van der Waals surface area contributed by atoms with Crippen LogP contribution in [0.1, 0.15) is 19.4 Å². The number of allylic oxidation sites excluding steroid dienone is 4. The number of benzene rings is 3. The summed E-state index contributed by atoms with van der Waals surface area (Å²) in [4.78, 5) is 7.85. The maximum atomic E-state index is 12.1. The second-order valence-corrected chi connectivity index (χ2v) is 11.5. The molecule has 4 rings (SSSR count). The molecule has 3 aromatic carbocycles. The minimum absolute atomic E-state index is 0.0588. The van der Waals surface area contributed by atoms with Crippen LogP contribution in [0.2, 0.25) is 0 Å². The van der Waals surface area contributed by atoms with Crippen molar-refractivity contribution in [2.24, 2.45) is 9.98 Å². The third kappa shape index (κ3) is 7.30.